The molecule has 0 aliphatic heterocycles. The van der Waals surface area contributed by atoms with Gasteiger partial charge in [-0.1, -0.05) is 12.1 Å². The molecular formula is C13H17NO4. The molecule has 0 spiro atoms. The average Bonchev–Trinajstić information content (AvgIpc) is 2.30. The summed E-state index contributed by atoms with van der Waals surface area (Å²) in [6.07, 6.45) is 1.43. The molecule has 0 fully saturated rings. The number of ether oxygens (including phenoxy) is 2. The Bertz CT molecular complexity index is 466. The Kier molecular flexibility index (Phi) is 4.71. The Morgan fingerprint density at radius 1 is 1.44 bits per heavy atom. The quantitative estimate of drug-likeness (QED) is 0.595. The van der Waals surface area contributed by atoms with Crippen molar-refractivity contribution >= 4 is 6.08 Å². The van der Waals surface area contributed by atoms with Crippen LogP contribution in [0.25, 0.3) is 6.08 Å². The molecule has 0 saturated carbocycles. The zero-order valence-corrected chi connectivity index (χ0v) is 11.0. The zero-order valence-electron chi connectivity index (χ0n) is 11.0. The Hall–Kier alpha value is -2.04. The van der Waals surface area contributed by atoms with Gasteiger partial charge in [-0.3, -0.25) is 10.1 Å². The second-order valence-electron chi connectivity index (χ2n) is 4.09. The monoisotopic (exact) mass is 251 g/mol. The summed E-state index contributed by atoms with van der Waals surface area (Å²) in [5.41, 5.74) is 0.689. The van der Waals surface area contributed by atoms with E-state index in [0.717, 1.165) is 0 Å². The first-order valence-electron chi connectivity index (χ1n) is 5.62. The first kappa shape index (κ1) is 14.0. The van der Waals surface area contributed by atoms with Crippen molar-refractivity contribution in [1.82, 2.24) is 0 Å². The second-order valence-corrected chi connectivity index (χ2v) is 4.09. The minimum Gasteiger partial charge on any atom is -0.493 e. The van der Waals surface area contributed by atoms with Crippen LogP contribution in [0.2, 0.25) is 0 Å². The van der Waals surface area contributed by atoms with E-state index in [0.29, 0.717) is 17.1 Å². The fourth-order valence-corrected chi connectivity index (χ4v) is 1.45. The summed E-state index contributed by atoms with van der Waals surface area (Å²) in [7, 11) is 1.54. The Balaban J connectivity index is 3.25. The van der Waals surface area contributed by atoms with Gasteiger partial charge < -0.3 is 9.47 Å². The molecule has 5 heteroatoms. The van der Waals surface area contributed by atoms with Crippen LogP contribution in [0, 0.1) is 10.1 Å². The Morgan fingerprint density at radius 3 is 2.61 bits per heavy atom. The predicted octanol–water partition coefficient (Wildman–Crippen LogP) is 3.12. The minimum atomic E-state index is -0.432. The van der Waals surface area contributed by atoms with E-state index in [9.17, 15) is 10.1 Å². The molecule has 18 heavy (non-hydrogen) atoms. The summed E-state index contributed by atoms with van der Waals surface area (Å²) in [6, 6.07) is 5.29. The van der Waals surface area contributed by atoms with E-state index in [-0.39, 0.29) is 11.8 Å². The molecule has 0 bridgehead atoms. The van der Waals surface area contributed by atoms with Gasteiger partial charge in [-0.05, 0) is 19.9 Å². The van der Waals surface area contributed by atoms with Crippen molar-refractivity contribution in [2.24, 2.45) is 0 Å². The molecule has 5 nitrogen and oxygen atoms in total. The van der Waals surface area contributed by atoms with Gasteiger partial charge in [0.2, 0.25) is 5.70 Å². The summed E-state index contributed by atoms with van der Waals surface area (Å²) < 4.78 is 10.9. The molecule has 0 aliphatic rings. The van der Waals surface area contributed by atoms with Crippen molar-refractivity contribution in [3.63, 3.8) is 0 Å². The molecule has 0 radical (unpaired) electrons. The molecule has 0 atom stereocenters. The van der Waals surface area contributed by atoms with Crippen LogP contribution >= 0.6 is 0 Å². The lowest BCUT2D eigenvalue weighted by Gasteiger charge is -2.15. The molecule has 1 rings (SSSR count). The van der Waals surface area contributed by atoms with Crippen molar-refractivity contribution in [1.29, 1.82) is 0 Å². The lowest BCUT2D eigenvalue weighted by atomic mass is 10.1. The highest BCUT2D eigenvalue weighted by Crippen LogP contribution is 2.33. The molecule has 0 aliphatic carbocycles. The van der Waals surface area contributed by atoms with Gasteiger partial charge in [-0.25, -0.2) is 0 Å². The van der Waals surface area contributed by atoms with Gasteiger partial charge in [0.15, 0.2) is 11.5 Å². The van der Waals surface area contributed by atoms with E-state index in [1.54, 1.807) is 18.2 Å². The Morgan fingerprint density at radius 2 is 2.11 bits per heavy atom. The molecule has 1 aromatic carbocycles. The van der Waals surface area contributed by atoms with E-state index in [4.69, 9.17) is 9.47 Å². The van der Waals surface area contributed by atoms with Gasteiger partial charge in [-0.2, -0.15) is 0 Å². The average molecular weight is 251 g/mol. The van der Waals surface area contributed by atoms with Gasteiger partial charge in [0.05, 0.1) is 18.1 Å². The van der Waals surface area contributed by atoms with Crippen molar-refractivity contribution in [2.75, 3.05) is 7.11 Å². The summed E-state index contributed by atoms with van der Waals surface area (Å²) in [5, 5.41) is 10.7. The number of rotatable bonds is 5. The third kappa shape index (κ3) is 3.48. The van der Waals surface area contributed by atoms with E-state index in [2.05, 4.69) is 0 Å². The van der Waals surface area contributed by atoms with Crippen molar-refractivity contribution in [3.8, 4) is 11.5 Å². The number of hydrogen-bond acceptors (Lipinski definition) is 4. The Labute approximate surface area is 106 Å². The SMILES string of the molecule is COc1cccc(C=C(C)[N+](=O)[O-])c1OC(C)C. The van der Waals surface area contributed by atoms with E-state index < -0.39 is 4.92 Å². The molecule has 0 amide bonds. The smallest absolute Gasteiger partial charge is 0.243 e. The first-order valence-corrected chi connectivity index (χ1v) is 5.62. The maximum Gasteiger partial charge on any atom is 0.243 e. The third-order valence-electron chi connectivity index (χ3n) is 2.24. The first-order chi connectivity index (χ1) is 8.45. The van der Waals surface area contributed by atoms with Crippen LogP contribution < -0.4 is 9.47 Å². The van der Waals surface area contributed by atoms with Crippen LogP contribution in [0.15, 0.2) is 23.9 Å². The maximum atomic E-state index is 10.7. The van der Waals surface area contributed by atoms with Crippen LogP contribution in [0.5, 0.6) is 11.5 Å². The van der Waals surface area contributed by atoms with Gasteiger partial charge >= 0.3 is 0 Å². The number of benzene rings is 1. The van der Waals surface area contributed by atoms with Gasteiger partial charge in [0, 0.05) is 18.6 Å². The molecule has 98 valence electrons. The predicted molar refractivity (Wildman–Crippen MR) is 69.4 cm³/mol. The lowest BCUT2D eigenvalue weighted by molar-refractivity contribution is -0.422. The van der Waals surface area contributed by atoms with Crippen LogP contribution in [0.4, 0.5) is 0 Å². The zero-order chi connectivity index (χ0) is 13.7. The van der Waals surface area contributed by atoms with Gasteiger partial charge in [0.1, 0.15) is 0 Å². The summed E-state index contributed by atoms with van der Waals surface area (Å²) in [5.74, 6) is 1.09. The minimum absolute atomic E-state index is 0.0376. The topological polar surface area (TPSA) is 61.6 Å². The van der Waals surface area contributed by atoms with Gasteiger partial charge in [0.25, 0.3) is 0 Å². The highest BCUT2D eigenvalue weighted by Gasteiger charge is 2.13. The van der Waals surface area contributed by atoms with Crippen molar-refractivity contribution in [2.45, 2.75) is 26.9 Å². The number of nitrogens with zero attached hydrogens (tertiary/aromatic N) is 1. The number of hydrogen-bond donors (Lipinski definition) is 0. The fourth-order valence-electron chi connectivity index (χ4n) is 1.45. The van der Waals surface area contributed by atoms with E-state index in [1.165, 1.54) is 20.1 Å². The van der Waals surface area contributed by atoms with Crippen molar-refractivity contribution < 1.29 is 14.4 Å². The summed E-state index contributed by atoms with van der Waals surface area (Å²) in [6.45, 7) is 5.22. The van der Waals surface area contributed by atoms with Crippen molar-refractivity contribution in [3.05, 3.63) is 39.6 Å². The fraction of sp³-hybridized carbons (Fsp3) is 0.385. The maximum absolute atomic E-state index is 10.7. The number of nitro groups is 1. The molecule has 0 heterocycles. The lowest BCUT2D eigenvalue weighted by Crippen LogP contribution is -2.08. The van der Waals surface area contributed by atoms with E-state index in [1.807, 2.05) is 13.8 Å². The highest BCUT2D eigenvalue weighted by molar-refractivity contribution is 5.63. The summed E-state index contributed by atoms with van der Waals surface area (Å²) >= 11 is 0. The molecule has 1 aromatic rings. The number of para-hydroxylation sites is 1. The van der Waals surface area contributed by atoms with Crippen LogP contribution in [0.3, 0.4) is 0 Å². The molecule has 0 N–H and O–H groups in total. The van der Waals surface area contributed by atoms with Crippen LogP contribution in [-0.2, 0) is 0 Å². The normalized spacial score (nSPS) is 11.5. The molecule has 0 unspecified atom stereocenters. The molecular weight excluding hydrogens is 234 g/mol. The largest absolute Gasteiger partial charge is 0.493 e. The second kappa shape index (κ2) is 6.05. The van der Waals surface area contributed by atoms with Crippen LogP contribution in [-0.4, -0.2) is 18.1 Å². The third-order valence-corrected chi connectivity index (χ3v) is 2.24. The van der Waals surface area contributed by atoms with E-state index >= 15 is 0 Å². The summed E-state index contributed by atoms with van der Waals surface area (Å²) in [4.78, 5) is 10.2. The van der Waals surface area contributed by atoms with Crippen LogP contribution in [0.1, 0.15) is 26.3 Å². The standard InChI is InChI=1S/C13H17NO4/c1-9(2)18-13-11(8-10(3)14(15)16)6-5-7-12(13)17-4/h5-9H,1-4H3. The molecule has 0 saturated heterocycles. The van der Waals surface area contributed by atoms with Gasteiger partial charge in [-0.15, -0.1) is 0 Å². The molecule has 0 aromatic heterocycles. The highest BCUT2D eigenvalue weighted by atomic mass is 16.6. The number of methoxy groups -OCH3 is 1. The number of allylic oxidation sites excluding steroid dienone is 1.